The van der Waals surface area contributed by atoms with Crippen LogP contribution in [0.15, 0.2) is 30.5 Å². The van der Waals surface area contributed by atoms with Gasteiger partial charge in [0.05, 0.1) is 0 Å². The summed E-state index contributed by atoms with van der Waals surface area (Å²) in [7, 11) is 2.16. The van der Waals surface area contributed by atoms with Gasteiger partial charge in [-0.2, -0.15) is 0 Å². The maximum atomic E-state index is 3.87. The van der Waals surface area contributed by atoms with E-state index in [1.165, 1.54) is 11.1 Å². The Balaban J connectivity index is 2.65. The SMILES string of the molecule is C=C(C)Nc1ccc(CCN(C)CC)cc1C. The third-order valence-corrected chi connectivity index (χ3v) is 2.96. The Morgan fingerprint density at radius 3 is 2.65 bits per heavy atom. The molecule has 0 aliphatic rings. The molecule has 1 aromatic rings. The molecule has 0 saturated carbocycles. The minimum absolute atomic E-state index is 0.978. The molecule has 0 radical (unpaired) electrons. The number of hydrogen-bond acceptors (Lipinski definition) is 2. The van der Waals surface area contributed by atoms with E-state index in [-0.39, 0.29) is 0 Å². The molecule has 0 amide bonds. The van der Waals surface area contributed by atoms with Gasteiger partial charge in [0.1, 0.15) is 0 Å². The topological polar surface area (TPSA) is 15.3 Å². The predicted molar refractivity (Wildman–Crippen MR) is 76.5 cm³/mol. The molecule has 1 rings (SSSR count). The number of hydrogen-bond donors (Lipinski definition) is 1. The highest BCUT2D eigenvalue weighted by Gasteiger charge is 2.01. The van der Waals surface area contributed by atoms with Gasteiger partial charge in [-0.25, -0.2) is 0 Å². The number of nitrogens with one attached hydrogen (secondary N) is 1. The standard InChI is InChI=1S/C15H24N2/c1-6-17(5)10-9-14-7-8-15(13(4)11-14)16-12(2)3/h7-8,11,16H,2,6,9-10H2,1,3-5H3. The van der Waals surface area contributed by atoms with Crippen LogP contribution in [0.25, 0.3) is 0 Å². The molecule has 0 heterocycles. The predicted octanol–water partition coefficient (Wildman–Crippen LogP) is 3.43. The summed E-state index contributed by atoms with van der Waals surface area (Å²) >= 11 is 0. The molecule has 94 valence electrons. The minimum atomic E-state index is 0.978. The monoisotopic (exact) mass is 232 g/mol. The summed E-state index contributed by atoms with van der Waals surface area (Å²) < 4.78 is 0. The number of aryl methyl sites for hydroxylation is 1. The van der Waals surface area contributed by atoms with Crippen molar-refractivity contribution in [2.45, 2.75) is 27.2 Å². The second-order valence-corrected chi connectivity index (χ2v) is 4.70. The zero-order chi connectivity index (χ0) is 12.8. The summed E-state index contributed by atoms with van der Waals surface area (Å²) in [5, 5.41) is 3.27. The third-order valence-electron chi connectivity index (χ3n) is 2.96. The third kappa shape index (κ3) is 4.61. The fraction of sp³-hybridized carbons (Fsp3) is 0.467. The zero-order valence-electron chi connectivity index (χ0n) is 11.5. The number of nitrogens with zero attached hydrogens (tertiary/aromatic N) is 1. The van der Waals surface area contributed by atoms with Gasteiger partial charge < -0.3 is 10.2 Å². The van der Waals surface area contributed by atoms with E-state index in [0.717, 1.165) is 30.9 Å². The van der Waals surface area contributed by atoms with Crippen LogP contribution >= 0.6 is 0 Å². The van der Waals surface area contributed by atoms with Crippen LogP contribution < -0.4 is 5.32 Å². The van der Waals surface area contributed by atoms with E-state index in [4.69, 9.17) is 0 Å². The molecule has 17 heavy (non-hydrogen) atoms. The van der Waals surface area contributed by atoms with Crippen molar-refractivity contribution in [2.24, 2.45) is 0 Å². The maximum absolute atomic E-state index is 3.87. The molecular formula is C15H24N2. The normalized spacial score (nSPS) is 10.6. The smallest absolute Gasteiger partial charge is 0.0411 e. The summed E-state index contributed by atoms with van der Waals surface area (Å²) in [6, 6.07) is 6.60. The summed E-state index contributed by atoms with van der Waals surface area (Å²) in [4.78, 5) is 2.33. The summed E-state index contributed by atoms with van der Waals surface area (Å²) in [5.74, 6) is 0. The van der Waals surface area contributed by atoms with Crippen LogP contribution in [0.4, 0.5) is 5.69 Å². The van der Waals surface area contributed by atoms with Crippen LogP contribution in [0.3, 0.4) is 0 Å². The molecule has 1 aromatic carbocycles. The summed E-state index contributed by atoms with van der Waals surface area (Å²) in [6.07, 6.45) is 1.11. The van der Waals surface area contributed by atoms with Gasteiger partial charge in [0.2, 0.25) is 0 Å². The Labute approximate surface area is 105 Å². The highest BCUT2D eigenvalue weighted by molar-refractivity contribution is 5.55. The van der Waals surface area contributed by atoms with Crippen LogP contribution in [0, 0.1) is 6.92 Å². The Hall–Kier alpha value is -1.28. The van der Waals surface area contributed by atoms with Gasteiger partial charge in [-0.05, 0) is 51.1 Å². The quantitative estimate of drug-likeness (QED) is 0.808. The molecule has 2 nitrogen and oxygen atoms in total. The van der Waals surface area contributed by atoms with E-state index in [0.29, 0.717) is 0 Å². The Bertz CT molecular complexity index is 383. The van der Waals surface area contributed by atoms with E-state index >= 15 is 0 Å². The molecule has 0 fully saturated rings. The second kappa shape index (κ2) is 6.45. The van der Waals surface area contributed by atoms with Gasteiger partial charge in [-0.1, -0.05) is 25.6 Å². The molecule has 2 heteroatoms. The summed E-state index contributed by atoms with van der Waals surface area (Å²) in [6.45, 7) is 12.4. The van der Waals surface area contributed by atoms with Crippen LogP contribution in [-0.2, 0) is 6.42 Å². The average Bonchev–Trinajstić information content (AvgIpc) is 2.28. The molecule has 0 unspecified atom stereocenters. The van der Waals surface area contributed by atoms with Gasteiger partial charge in [-0.15, -0.1) is 0 Å². The van der Waals surface area contributed by atoms with Crippen molar-refractivity contribution in [2.75, 3.05) is 25.5 Å². The highest BCUT2D eigenvalue weighted by atomic mass is 15.1. The van der Waals surface area contributed by atoms with Gasteiger partial charge >= 0.3 is 0 Å². The maximum Gasteiger partial charge on any atom is 0.0411 e. The Morgan fingerprint density at radius 2 is 2.12 bits per heavy atom. The van der Waals surface area contributed by atoms with Gasteiger partial charge in [0, 0.05) is 17.9 Å². The molecule has 0 aliphatic carbocycles. The Kier molecular flexibility index (Phi) is 5.23. The van der Waals surface area contributed by atoms with Crippen molar-refractivity contribution in [1.29, 1.82) is 0 Å². The second-order valence-electron chi connectivity index (χ2n) is 4.70. The molecule has 0 atom stereocenters. The number of anilines is 1. The van der Waals surface area contributed by atoms with Gasteiger partial charge in [0.15, 0.2) is 0 Å². The zero-order valence-corrected chi connectivity index (χ0v) is 11.5. The molecule has 0 aliphatic heterocycles. The first-order valence-corrected chi connectivity index (χ1v) is 6.23. The Morgan fingerprint density at radius 1 is 1.41 bits per heavy atom. The molecule has 0 spiro atoms. The fourth-order valence-corrected chi connectivity index (χ4v) is 1.73. The van der Waals surface area contributed by atoms with E-state index in [1.807, 2.05) is 6.92 Å². The first-order chi connectivity index (χ1) is 8.02. The number of benzene rings is 1. The van der Waals surface area contributed by atoms with Crippen molar-refractivity contribution >= 4 is 5.69 Å². The van der Waals surface area contributed by atoms with E-state index in [1.54, 1.807) is 0 Å². The largest absolute Gasteiger partial charge is 0.360 e. The first kappa shape index (κ1) is 13.8. The van der Waals surface area contributed by atoms with Crippen molar-refractivity contribution in [1.82, 2.24) is 4.90 Å². The number of rotatable bonds is 6. The lowest BCUT2D eigenvalue weighted by Crippen LogP contribution is -2.20. The van der Waals surface area contributed by atoms with E-state index < -0.39 is 0 Å². The molecule has 0 bridgehead atoms. The summed E-state index contributed by atoms with van der Waals surface area (Å²) in [5.41, 5.74) is 4.82. The van der Waals surface area contributed by atoms with Crippen LogP contribution in [0.5, 0.6) is 0 Å². The number of allylic oxidation sites excluding steroid dienone is 1. The van der Waals surface area contributed by atoms with Gasteiger partial charge in [0.25, 0.3) is 0 Å². The minimum Gasteiger partial charge on any atom is -0.360 e. The van der Waals surface area contributed by atoms with Crippen LogP contribution in [-0.4, -0.2) is 25.0 Å². The highest BCUT2D eigenvalue weighted by Crippen LogP contribution is 2.18. The molecule has 1 N–H and O–H groups in total. The fourth-order valence-electron chi connectivity index (χ4n) is 1.73. The van der Waals surface area contributed by atoms with E-state index in [9.17, 15) is 0 Å². The van der Waals surface area contributed by atoms with Crippen molar-refractivity contribution < 1.29 is 0 Å². The molecule has 0 saturated heterocycles. The van der Waals surface area contributed by atoms with Crippen molar-refractivity contribution in [3.8, 4) is 0 Å². The van der Waals surface area contributed by atoms with Crippen LogP contribution in [0.1, 0.15) is 25.0 Å². The molecular weight excluding hydrogens is 208 g/mol. The van der Waals surface area contributed by atoms with Gasteiger partial charge in [-0.3, -0.25) is 0 Å². The van der Waals surface area contributed by atoms with Crippen molar-refractivity contribution in [3.63, 3.8) is 0 Å². The lowest BCUT2D eigenvalue weighted by atomic mass is 10.1. The lowest BCUT2D eigenvalue weighted by Gasteiger charge is -2.15. The molecule has 0 aromatic heterocycles. The lowest BCUT2D eigenvalue weighted by molar-refractivity contribution is 0.357. The average molecular weight is 232 g/mol. The van der Waals surface area contributed by atoms with E-state index in [2.05, 4.69) is 55.9 Å². The van der Waals surface area contributed by atoms with Crippen molar-refractivity contribution in [3.05, 3.63) is 41.6 Å². The van der Waals surface area contributed by atoms with Crippen LogP contribution in [0.2, 0.25) is 0 Å². The first-order valence-electron chi connectivity index (χ1n) is 6.23. The number of likely N-dealkylation sites (N-methyl/N-ethyl adjacent to an activating group) is 1.